The highest BCUT2D eigenvalue weighted by molar-refractivity contribution is 7.80. The predicted molar refractivity (Wildman–Crippen MR) is 154 cm³/mol. The van der Waals surface area contributed by atoms with E-state index in [1.165, 1.54) is 5.56 Å². The highest BCUT2D eigenvalue weighted by Crippen LogP contribution is 2.30. The van der Waals surface area contributed by atoms with Crippen molar-refractivity contribution in [3.8, 4) is 11.8 Å². The van der Waals surface area contributed by atoms with Crippen LogP contribution in [0.5, 0.6) is 0 Å². The van der Waals surface area contributed by atoms with Gasteiger partial charge in [-0.05, 0) is 50.6 Å². The monoisotopic (exact) mass is 487 g/mol. The SMILES string of the molecule is Cc1ccc(C#CC(c2ccc(C)cc2)C(C(=O)c2ccc(C)cc2)C(=S)Nc2ccccc2)cc1. The summed E-state index contributed by atoms with van der Waals surface area (Å²) in [5, 5.41) is 3.31. The fourth-order valence-electron chi connectivity index (χ4n) is 3.99. The number of carbonyl (C=O) groups excluding carboxylic acids is 1. The molecule has 0 aliphatic rings. The van der Waals surface area contributed by atoms with Gasteiger partial charge in [-0.2, -0.15) is 0 Å². The summed E-state index contributed by atoms with van der Waals surface area (Å²) in [6.45, 7) is 6.11. The number of rotatable bonds is 6. The number of ketones is 1. The second-order valence-electron chi connectivity index (χ2n) is 9.09. The number of aryl methyl sites for hydroxylation is 3. The third-order valence-corrected chi connectivity index (χ3v) is 6.49. The van der Waals surface area contributed by atoms with Crippen molar-refractivity contribution in [2.75, 3.05) is 5.32 Å². The van der Waals surface area contributed by atoms with Crippen LogP contribution in [-0.4, -0.2) is 10.8 Å². The molecule has 0 aromatic heterocycles. The first-order valence-electron chi connectivity index (χ1n) is 12.0. The molecule has 0 amide bonds. The number of para-hydroxylation sites is 1. The second-order valence-corrected chi connectivity index (χ2v) is 9.53. The first kappa shape index (κ1) is 25.1. The van der Waals surface area contributed by atoms with E-state index in [9.17, 15) is 4.79 Å². The van der Waals surface area contributed by atoms with Crippen LogP contribution in [0.4, 0.5) is 5.69 Å². The molecule has 0 bridgehead atoms. The molecule has 178 valence electrons. The maximum atomic E-state index is 14.0. The Morgan fingerprint density at radius 3 is 1.83 bits per heavy atom. The van der Waals surface area contributed by atoms with Gasteiger partial charge in [0.2, 0.25) is 0 Å². The fourth-order valence-corrected chi connectivity index (χ4v) is 4.35. The van der Waals surface area contributed by atoms with Gasteiger partial charge in [0.05, 0.1) is 16.8 Å². The molecule has 0 fully saturated rings. The summed E-state index contributed by atoms with van der Waals surface area (Å²) in [5.74, 6) is 5.59. The van der Waals surface area contributed by atoms with Gasteiger partial charge in [0.15, 0.2) is 5.78 Å². The van der Waals surface area contributed by atoms with Crippen LogP contribution < -0.4 is 5.32 Å². The molecule has 3 heteroatoms. The van der Waals surface area contributed by atoms with Crippen molar-refractivity contribution in [1.82, 2.24) is 0 Å². The number of hydrogen-bond donors (Lipinski definition) is 1. The van der Waals surface area contributed by atoms with Crippen molar-refractivity contribution in [1.29, 1.82) is 0 Å². The molecular formula is C33H29NOS. The van der Waals surface area contributed by atoms with E-state index in [1.807, 2.05) is 105 Å². The number of hydrogen-bond acceptors (Lipinski definition) is 2. The van der Waals surface area contributed by atoms with Gasteiger partial charge in [-0.3, -0.25) is 4.79 Å². The van der Waals surface area contributed by atoms with E-state index in [4.69, 9.17) is 12.2 Å². The highest BCUT2D eigenvalue weighted by atomic mass is 32.1. The lowest BCUT2D eigenvalue weighted by atomic mass is 9.80. The van der Waals surface area contributed by atoms with E-state index in [-0.39, 0.29) is 5.78 Å². The van der Waals surface area contributed by atoms with Gasteiger partial charge in [-0.15, -0.1) is 0 Å². The van der Waals surface area contributed by atoms with Crippen LogP contribution in [0.1, 0.15) is 44.1 Å². The maximum Gasteiger partial charge on any atom is 0.174 e. The van der Waals surface area contributed by atoms with E-state index in [0.29, 0.717) is 10.6 Å². The number of anilines is 1. The number of benzene rings is 4. The van der Waals surface area contributed by atoms with Crippen LogP contribution in [0.15, 0.2) is 103 Å². The Kier molecular flexibility index (Phi) is 8.10. The summed E-state index contributed by atoms with van der Waals surface area (Å²) in [6, 6.07) is 33.7. The number of thiocarbonyl (C=S) groups is 1. The van der Waals surface area contributed by atoms with E-state index >= 15 is 0 Å². The third-order valence-electron chi connectivity index (χ3n) is 6.14. The van der Waals surface area contributed by atoms with E-state index in [2.05, 4.69) is 36.2 Å². The summed E-state index contributed by atoms with van der Waals surface area (Å²) in [4.78, 5) is 14.5. The average molecular weight is 488 g/mol. The fraction of sp³-hybridized carbons (Fsp3) is 0.152. The first-order chi connectivity index (χ1) is 17.4. The molecule has 2 atom stereocenters. The smallest absolute Gasteiger partial charge is 0.174 e. The molecule has 0 aliphatic heterocycles. The van der Waals surface area contributed by atoms with E-state index in [0.717, 1.165) is 27.9 Å². The van der Waals surface area contributed by atoms with Crippen LogP contribution in [0.2, 0.25) is 0 Å². The minimum Gasteiger partial charge on any atom is -0.349 e. The summed E-state index contributed by atoms with van der Waals surface area (Å²) in [6.07, 6.45) is 0. The number of nitrogens with one attached hydrogen (secondary N) is 1. The maximum absolute atomic E-state index is 14.0. The van der Waals surface area contributed by atoms with Crippen molar-refractivity contribution in [3.05, 3.63) is 137 Å². The summed E-state index contributed by atoms with van der Waals surface area (Å²) in [5.41, 5.74) is 6.76. The zero-order chi connectivity index (χ0) is 25.5. The lowest BCUT2D eigenvalue weighted by Crippen LogP contribution is -2.33. The Hall–Kier alpha value is -4.00. The van der Waals surface area contributed by atoms with Crippen molar-refractivity contribution in [3.63, 3.8) is 0 Å². The normalized spacial score (nSPS) is 12.1. The van der Waals surface area contributed by atoms with Gasteiger partial charge in [0, 0.05) is 16.8 Å². The van der Waals surface area contributed by atoms with E-state index in [1.54, 1.807) is 0 Å². The zero-order valence-corrected chi connectivity index (χ0v) is 21.6. The highest BCUT2D eigenvalue weighted by Gasteiger charge is 2.33. The Balaban J connectivity index is 1.81. The topological polar surface area (TPSA) is 29.1 Å². The van der Waals surface area contributed by atoms with Crippen molar-refractivity contribution in [2.45, 2.75) is 26.7 Å². The van der Waals surface area contributed by atoms with Crippen LogP contribution in [0, 0.1) is 38.5 Å². The molecule has 4 aromatic carbocycles. The summed E-state index contributed by atoms with van der Waals surface area (Å²) >= 11 is 5.91. The van der Waals surface area contributed by atoms with Crippen LogP contribution >= 0.6 is 12.2 Å². The predicted octanol–water partition coefficient (Wildman–Crippen LogP) is 7.69. The largest absolute Gasteiger partial charge is 0.349 e. The Bertz CT molecular complexity index is 1390. The van der Waals surface area contributed by atoms with Crippen LogP contribution in [0.3, 0.4) is 0 Å². The van der Waals surface area contributed by atoms with Gasteiger partial charge in [0.1, 0.15) is 0 Å². The molecule has 0 heterocycles. The lowest BCUT2D eigenvalue weighted by Gasteiger charge is -2.25. The third kappa shape index (κ3) is 6.36. The minimum atomic E-state index is -0.663. The number of Topliss-reactive ketones (excluding diaryl/α,β-unsaturated/α-hetero) is 1. The molecule has 2 unspecified atom stereocenters. The minimum absolute atomic E-state index is 0.0489. The standard InChI is InChI=1S/C33H29NOS/c1-23-9-15-26(16-10-23)17-22-30(27-18-11-24(2)12-19-27)31(32(35)28-20-13-25(3)14-21-28)33(36)34-29-7-5-4-6-8-29/h4-16,18-21,30-31H,1-3H3,(H,34,36). The molecule has 0 spiro atoms. The molecular weight excluding hydrogens is 458 g/mol. The summed E-state index contributed by atoms with van der Waals surface area (Å²) in [7, 11) is 0. The first-order valence-corrected chi connectivity index (χ1v) is 12.4. The lowest BCUT2D eigenvalue weighted by molar-refractivity contribution is 0.0949. The Morgan fingerprint density at radius 1 is 0.722 bits per heavy atom. The van der Waals surface area contributed by atoms with Gasteiger partial charge >= 0.3 is 0 Å². The van der Waals surface area contributed by atoms with Crippen molar-refractivity contribution in [2.24, 2.45) is 5.92 Å². The molecule has 36 heavy (non-hydrogen) atoms. The molecule has 0 saturated heterocycles. The molecule has 4 aromatic rings. The molecule has 4 rings (SSSR count). The van der Waals surface area contributed by atoms with E-state index < -0.39 is 11.8 Å². The Labute approximate surface area is 219 Å². The molecule has 0 aliphatic carbocycles. The van der Waals surface area contributed by atoms with Crippen molar-refractivity contribution >= 4 is 28.7 Å². The van der Waals surface area contributed by atoms with Gasteiger partial charge < -0.3 is 5.32 Å². The van der Waals surface area contributed by atoms with Gasteiger partial charge in [-0.25, -0.2) is 0 Å². The van der Waals surface area contributed by atoms with Gasteiger partial charge in [-0.1, -0.05) is 120 Å². The van der Waals surface area contributed by atoms with Crippen molar-refractivity contribution < 1.29 is 4.79 Å². The Morgan fingerprint density at radius 2 is 1.25 bits per heavy atom. The van der Waals surface area contributed by atoms with Gasteiger partial charge in [0.25, 0.3) is 0 Å². The zero-order valence-electron chi connectivity index (χ0n) is 20.8. The molecule has 0 radical (unpaired) electrons. The quantitative estimate of drug-likeness (QED) is 0.172. The molecule has 0 saturated carbocycles. The van der Waals surface area contributed by atoms with Crippen LogP contribution in [0.25, 0.3) is 0 Å². The van der Waals surface area contributed by atoms with Crippen LogP contribution in [-0.2, 0) is 0 Å². The molecule has 2 nitrogen and oxygen atoms in total. The second kappa shape index (κ2) is 11.6. The molecule has 1 N–H and O–H groups in total. The number of carbonyl (C=O) groups is 1. The average Bonchev–Trinajstić information content (AvgIpc) is 2.89. The summed E-state index contributed by atoms with van der Waals surface area (Å²) < 4.78 is 0.